The zero-order chi connectivity index (χ0) is 27.5. The van der Waals surface area contributed by atoms with E-state index in [9.17, 15) is 19.5 Å². The van der Waals surface area contributed by atoms with E-state index in [0.717, 1.165) is 22.4 Å². The highest BCUT2D eigenvalue weighted by molar-refractivity contribution is 6.07. The summed E-state index contributed by atoms with van der Waals surface area (Å²) in [6, 6.07) is 13.3. The average molecular weight is 528 g/mol. The van der Waals surface area contributed by atoms with Gasteiger partial charge in [0.15, 0.2) is 0 Å². The molecular formula is C30H29N3O6. The summed E-state index contributed by atoms with van der Waals surface area (Å²) in [5.41, 5.74) is 4.98. The van der Waals surface area contributed by atoms with E-state index in [2.05, 4.69) is 10.6 Å². The van der Waals surface area contributed by atoms with E-state index in [1.54, 1.807) is 19.1 Å². The zero-order valence-corrected chi connectivity index (χ0v) is 21.7. The number of carbonyl (C=O) groups is 3. The normalized spacial score (nSPS) is 17.5. The van der Waals surface area contributed by atoms with Crippen molar-refractivity contribution in [3.8, 4) is 5.75 Å². The van der Waals surface area contributed by atoms with Gasteiger partial charge in [0.25, 0.3) is 0 Å². The molecule has 1 aliphatic heterocycles. The molecule has 5 rings (SSSR count). The minimum atomic E-state index is -0.567. The van der Waals surface area contributed by atoms with Gasteiger partial charge in [-0.2, -0.15) is 0 Å². The SMILES string of the molecule is CCOC(=O)C1=C(COC(=O)c2c3c(nc4ccccc24)/C(=C\c2ccc(O)cc2)CC3)NC(=O)NC1CC. The van der Waals surface area contributed by atoms with E-state index in [1.807, 2.05) is 49.4 Å². The molecule has 0 saturated heterocycles. The summed E-state index contributed by atoms with van der Waals surface area (Å²) in [5.74, 6) is -0.941. The van der Waals surface area contributed by atoms with E-state index < -0.39 is 24.0 Å². The number of carbonyl (C=O) groups excluding carboxylic acids is 3. The van der Waals surface area contributed by atoms with Crippen molar-refractivity contribution in [1.29, 1.82) is 0 Å². The van der Waals surface area contributed by atoms with Crippen molar-refractivity contribution in [2.24, 2.45) is 0 Å². The number of allylic oxidation sites excluding steroid dienone is 1. The second-order valence-electron chi connectivity index (χ2n) is 9.34. The molecule has 1 unspecified atom stereocenters. The lowest BCUT2D eigenvalue weighted by Gasteiger charge is -2.28. The third-order valence-electron chi connectivity index (χ3n) is 6.87. The smallest absolute Gasteiger partial charge is 0.339 e. The highest BCUT2D eigenvalue weighted by Gasteiger charge is 2.33. The quantitative estimate of drug-likeness (QED) is 0.386. The first-order chi connectivity index (χ1) is 18.9. The van der Waals surface area contributed by atoms with Crippen LogP contribution in [0.2, 0.25) is 0 Å². The van der Waals surface area contributed by atoms with Crippen LogP contribution in [0.3, 0.4) is 0 Å². The average Bonchev–Trinajstić information content (AvgIpc) is 3.32. The molecule has 0 spiro atoms. The molecule has 9 nitrogen and oxygen atoms in total. The van der Waals surface area contributed by atoms with Crippen LogP contribution < -0.4 is 10.6 Å². The van der Waals surface area contributed by atoms with Gasteiger partial charge >= 0.3 is 18.0 Å². The van der Waals surface area contributed by atoms with Gasteiger partial charge in [-0.05, 0) is 67.2 Å². The van der Waals surface area contributed by atoms with Gasteiger partial charge in [0.2, 0.25) is 0 Å². The van der Waals surface area contributed by atoms with Crippen molar-refractivity contribution in [3.63, 3.8) is 0 Å². The van der Waals surface area contributed by atoms with Gasteiger partial charge < -0.3 is 25.2 Å². The van der Waals surface area contributed by atoms with Crippen molar-refractivity contribution >= 4 is 40.5 Å². The number of ether oxygens (including phenoxy) is 2. The number of pyridine rings is 1. The molecule has 3 N–H and O–H groups in total. The minimum Gasteiger partial charge on any atom is -0.508 e. The van der Waals surface area contributed by atoms with Crippen molar-refractivity contribution in [3.05, 3.63) is 82.2 Å². The van der Waals surface area contributed by atoms with E-state index in [4.69, 9.17) is 14.5 Å². The van der Waals surface area contributed by atoms with Crippen LogP contribution in [0.15, 0.2) is 59.8 Å². The van der Waals surface area contributed by atoms with Crippen molar-refractivity contribution < 1.29 is 29.0 Å². The van der Waals surface area contributed by atoms with Crippen molar-refractivity contribution in [2.45, 2.75) is 39.2 Å². The Morgan fingerprint density at radius 1 is 1.05 bits per heavy atom. The number of aromatic hydroxyl groups is 1. The fourth-order valence-electron chi connectivity index (χ4n) is 5.07. The van der Waals surface area contributed by atoms with Gasteiger partial charge in [-0.1, -0.05) is 37.3 Å². The van der Waals surface area contributed by atoms with Crippen LogP contribution in [0, 0.1) is 0 Å². The van der Waals surface area contributed by atoms with E-state index in [-0.39, 0.29) is 30.2 Å². The Labute approximate surface area is 225 Å². The predicted octanol–water partition coefficient (Wildman–Crippen LogP) is 4.49. The maximum absolute atomic E-state index is 13.6. The molecule has 9 heteroatoms. The Balaban J connectivity index is 1.51. The molecule has 1 atom stereocenters. The number of amides is 2. The third kappa shape index (κ3) is 5.20. The molecule has 2 amide bonds. The monoisotopic (exact) mass is 527 g/mol. The Morgan fingerprint density at radius 3 is 2.56 bits per heavy atom. The fraction of sp³-hybridized carbons (Fsp3) is 0.267. The number of aromatic nitrogens is 1. The molecule has 1 aromatic heterocycles. The van der Waals surface area contributed by atoms with Crippen LogP contribution in [0.5, 0.6) is 5.75 Å². The molecule has 2 aliphatic rings. The van der Waals surface area contributed by atoms with Gasteiger partial charge in [-0.3, -0.25) is 0 Å². The maximum Gasteiger partial charge on any atom is 0.339 e. The zero-order valence-electron chi connectivity index (χ0n) is 21.7. The molecule has 1 aliphatic carbocycles. The first-order valence-electron chi connectivity index (χ1n) is 13.0. The van der Waals surface area contributed by atoms with Crippen molar-refractivity contribution in [2.75, 3.05) is 13.2 Å². The molecule has 0 fully saturated rings. The summed E-state index contributed by atoms with van der Waals surface area (Å²) in [7, 11) is 0. The molecule has 39 heavy (non-hydrogen) atoms. The van der Waals surface area contributed by atoms with Gasteiger partial charge in [0.05, 0.1) is 40.7 Å². The van der Waals surface area contributed by atoms with E-state index in [1.165, 1.54) is 0 Å². The van der Waals surface area contributed by atoms with Gasteiger partial charge in [-0.15, -0.1) is 0 Å². The number of nitrogens with zero attached hydrogens (tertiary/aromatic N) is 1. The number of esters is 2. The lowest BCUT2D eigenvalue weighted by Crippen LogP contribution is -2.51. The summed E-state index contributed by atoms with van der Waals surface area (Å²) < 4.78 is 10.9. The highest BCUT2D eigenvalue weighted by atomic mass is 16.5. The Bertz CT molecular complexity index is 1520. The molecular weight excluding hydrogens is 498 g/mol. The van der Waals surface area contributed by atoms with Crippen LogP contribution in [0.1, 0.15) is 53.9 Å². The number of para-hydroxylation sites is 1. The third-order valence-corrected chi connectivity index (χ3v) is 6.87. The summed E-state index contributed by atoms with van der Waals surface area (Å²) in [5, 5.41) is 15.6. The summed E-state index contributed by atoms with van der Waals surface area (Å²) in [6.07, 6.45) is 3.78. The Hall–Kier alpha value is -4.66. The number of phenols is 1. The van der Waals surface area contributed by atoms with Crippen molar-refractivity contribution in [1.82, 2.24) is 15.6 Å². The molecule has 0 saturated carbocycles. The van der Waals surface area contributed by atoms with Crippen LogP contribution in [-0.4, -0.2) is 47.3 Å². The fourth-order valence-corrected chi connectivity index (χ4v) is 5.07. The first kappa shape index (κ1) is 26.0. The highest BCUT2D eigenvalue weighted by Crippen LogP contribution is 2.38. The Kier molecular flexibility index (Phi) is 7.31. The molecule has 200 valence electrons. The number of hydrogen-bond acceptors (Lipinski definition) is 7. The lowest BCUT2D eigenvalue weighted by atomic mass is 10.00. The number of urea groups is 1. The number of nitrogens with one attached hydrogen (secondary N) is 2. The van der Waals surface area contributed by atoms with Gasteiger partial charge in [0.1, 0.15) is 12.4 Å². The number of fused-ring (bicyclic) bond motifs is 2. The van der Waals surface area contributed by atoms with Gasteiger partial charge in [0, 0.05) is 5.39 Å². The lowest BCUT2D eigenvalue weighted by molar-refractivity contribution is -0.139. The molecule has 0 bridgehead atoms. The summed E-state index contributed by atoms with van der Waals surface area (Å²) in [6.45, 7) is 3.43. The van der Waals surface area contributed by atoms with Crippen LogP contribution in [-0.2, 0) is 20.7 Å². The number of rotatable bonds is 7. The second-order valence-corrected chi connectivity index (χ2v) is 9.34. The van der Waals surface area contributed by atoms with E-state index in [0.29, 0.717) is 35.7 Å². The number of phenolic OH excluding ortho intramolecular Hbond substituents is 1. The molecule has 0 radical (unpaired) electrons. The van der Waals surface area contributed by atoms with Crippen LogP contribution in [0.25, 0.3) is 22.6 Å². The standard InChI is InChI=1S/C30H29N3O6/c1-3-22-26(29(36)38-4-2)24(33-30(37)32-22)16-39-28(35)25-20-7-5-6-8-23(20)31-27-18(11-14-21(25)27)15-17-9-12-19(34)13-10-17/h5-10,12-13,15,22,34H,3-4,11,14,16H2,1-2H3,(H2,32,33,37)/b18-15-. The first-order valence-corrected chi connectivity index (χ1v) is 13.0. The summed E-state index contributed by atoms with van der Waals surface area (Å²) >= 11 is 0. The Morgan fingerprint density at radius 2 is 1.82 bits per heavy atom. The number of hydrogen-bond donors (Lipinski definition) is 3. The maximum atomic E-state index is 13.6. The predicted molar refractivity (Wildman–Crippen MR) is 146 cm³/mol. The molecule has 3 aromatic rings. The molecule has 2 heterocycles. The van der Waals surface area contributed by atoms with Gasteiger partial charge in [-0.25, -0.2) is 19.4 Å². The molecule has 2 aromatic carbocycles. The minimum absolute atomic E-state index is 0.176. The van der Waals surface area contributed by atoms with E-state index >= 15 is 0 Å². The second kappa shape index (κ2) is 11.0. The largest absolute Gasteiger partial charge is 0.508 e. The van der Waals surface area contributed by atoms with Crippen LogP contribution >= 0.6 is 0 Å². The summed E-state index contributed by atoms with van der Waals surface area (Å²) in [4.78, 5) is 43.4. The topological polar surface area (TPSA) is 127 Å². The van der Waals surface area contributed by atoms with Crippen LogP contribution in [0.4, 0.5) is 4.79 Å². The number of benzene rings is 2.